The number of anilines is 2. The van der Waals surface area contributed by atoms with E-state index in [-0.39, 0.29) is 0 Å². The monoisotopic (exact) mass is 348 g/mol. The molecule has 0 aliphatic carbocycles. The van der Waals surface area contributed by atoms with E-state index in [0.29, 0.717) is 0 Å². The Bertz CT molecular complexity index is 921. The molecular weight excluding hydrogens is 324 g/mol. The lowest BCUT2D eigenvalue weighted by Gasteiger charge is -2.31. The van der Waals surface area contributed by atoms with E-state index in [2.05, 4.69) is 50.0 Å². The lowest BCUT2D eigenvalue weighted by molar-refractivity contribution is 0.112. The standard InChI is InChI=1S/C21H24N4O/c1-23(2)16-7-9-17(10-8-16)25-20-6-4-3-5-18(20)19(15-26)21(25)24-13-11-22-12-14-24/h3-10,15,22H,11-14H2,1-2H3. The number of aromatic nitrogens is 1. The lowest BCUT2D eigenvalue weighted by atomic mass is 10.2. The van der Waals surface area contributed by atoms with Gasteiger partial charge in [0.15, 0.2) is 6.29 Å². The van der Waals surface area contributed by atoms with Crippen LogP contribution < -0.4 is 15.1 Å². The Labute approximate surface area is 153 Å². The van der Waals surface area contributed by atoms with Crippen molar-refractivity contribution >= 4 is 28.7 Å². The SMILES string of the molecule is CN(C)c1ccc(-n2c(N3CCNCC3)c(C=O)c3ccccc32)cc1. The Morgan fingerprint density at radius 1 is 1.00 bits per heavy atom. The predicted octanol–water partition coefficient (Wildman–Crippen LogP) is 2.92. The molecule has 0 atom stereocenters. The fraction of sp³-hybridized carbons (Fsp3) is 0.286. The summed E-state index contributed by atoms with van der Waals surface area (Å²) in [6.45, 7) is 3.65. The van der Waals surface area contributed by atoms with Gasteiger partial charge in [-0.05, 0) is 30.3 Å². The van der Waals surface area contributed by atoms with Crippen molar-refractivity contribution in [1.29, 1.82) is 0 Å². The summed E-state index contributed by atoms with van der Waals surface area (Å²) in [6, 6.07) is 16.6. The minimum Gasteiger partial charge on any atom is -0.378 e. The Morgan fingerprint density at radius 3 is 2.35 bits per heavy atom. The fourth-order valence-electron chi connectivity index (χ4n) is 3.72. The van der Waals surface area contributed by atoms with Crippen LogP contribution >= 0.6 is 0 Å². The van der Waals surface area contributed by atoms with Gasteiger partial charge >= 0.3 is 0 Å². The molecule has 5 nitrogen and oxygen atoms in total. The van der Waals surface area contributed by atoms with Gasteiger partial charge in [0, 0.05) is 57.0 Å². The van der Waals surface area contributed by atoms with Crippen molar-refractivity contribution in [2.75, 3.05) is 50.1 Å². The number of benzene rings is 2. The summed E-state index contributed by atoms with van der Waals surface area (Å²) in [5.74, 6) is 1.00. The smallest absolute Gasteiger partial charge is 0.154 e. The first-order valence-corrected chi connectivity index (χ1v) is 9.03. The zero-order chi connectivity index (χ0) is 18.1. The van der Waals surface area contributed by atoms with Crippen LogP contribution in [-0.4, -0.2) is 51.1 Å². The van der Waals surface area contributed by atoms with Crippen molar-refractivity contribution in [1.82, 2.24) is 9.88 Å². The fourth-order valence-corrected chi connectivity index (χ4v) is 3.72. The third-order valence-corrected chi connectivity index (χ3v) is 5.05. The van der Waals surface area contributed by atoms with Gasteiger partial charge in [0.05, 0.1) is 11.1 Å². The molecule has 2 aromatic carbocycles. The maximum Gasteiger partial charge on any atom is 0.154 e. The van der Waals surface area contributed by atoms with E-state index in [1.165, 1.54) is 0 Å². The third kappa shape index (κ3) is 2.74. The van der Waals surface area contributed by atoms with Crippen LogP contribution in [0.1, 0.15) is 10.4 Å². The molecule has 1 aromatic heterocycles. The number of piperazine rings is 1. The molecule has 0 amide bonds. The Balaban J connectivity index is 1.95. The molecule has 0 saturated carbocycles. The average molecular weight is 348 g/mol. The summed E-state index contributed by atoms with van der Waals surface area (Å²) >= 11 is 0. The number of rotatable bonds is 4. The summed E-state index contributed by atoms with van der Waals surface area (Å²) in [6.07, 6.45) is 1.00. The zero-order valence-corrected chi connectivity index (χ0v) is 15.3. The molecule has 1 fully saturated rings. The summed E-state index contributed by atoms with van der Waals surface area (Å²) in [5.41, 5.74) is 4.08. The topological polar surface area (TPSA) is 40.5 Å². The lowest BCUT2D eigenvalue weighted by Crippen LogP contribution is -2.44. The predicted molar refractivity (Wildman–Crippen MR) is 108 cm³/mol. The average Bonchev–Trinajstić information content (AvgIpc) is 3.03. The van der Waals surface area contributed by atoms with E-state index in [1.807, 2.05) is 32.3 Å². The highest BCUT2D eigenvalue weighted by molar-refractivity contribution is 6.05. The molecule has 0 radical (unpaired) electrons. The van der Waals surface area contributed by atoms with Crippen LogP contribution in [0.25, 0.3) is 16.6 Å². The summed E-state index contributed by atoms with van der Waals surface area (Å²) in [4.78, 5) is 16.4. The van der Waals surface area contributed by atoms with Crippen LogP contribution in [0.3, 0.4) is 0 Å². The summed E-state index contributed by atoms with van der Waals surface area (Å²) in [5, 5.41) is 4.40. The maximum atomic E-state index is 12.0. The van der Waals surface area contributed by atoms with Gasteiger partial charge in [0.25, 0.3) is 0 Å². The maximum absolute atomic E-state index is 12.0. The number of aldehydes is 1. The second-order valence-electron chi connectivity index (χ2n) is 6.86. The van der Waals surface area contributed by atoms with E-state index < -0.39 is 0 Å². The zero-order valence-electron chi connectivity index (χ0n) is 15.3. The minimum atomic E-state index is 0.777. The van der Waals surface area contributed by atoms with Gasteiger partial charge in [-0.1, -0.05) is 18.2 Å². The molecule has 1 N–H and O–H groups in total. The molecular formula is C21H24N4O. The van der Waals surface area contributed by atoms with Gasteiger partial charge in [-0.15, -0.1) is 0 Å². The van der Waals surface area contributed by atoms with Gasteiger partial charge < -0.3 is 15.1 Å². The van der Waals surface area contributed by atoms with Gasteiger partial charge in [0.1, 0.15) is 5.82 Å². The van der Waals surface area contributed by atoms with Crippen molar-refractivity contribution in [2.24, 2.45) is 0 Å². The molecule has 134 valence electrons. The molecule has 26 heavy (non-hydrogen) atoms. The number of fused-ring (bicyclic) bond motifs is 1. The molecule has 1 aliphatic heterocycles. The molecule has 3 aromatic rings. The first kappa shape index (κ1) is 16.7. The van der Waals surface area contributed by atoms with Gasteiger partial charge in [-0.3, -0.25) is 9.36 Å². The van der Waals surface area contributed by atoms with Gasteiger partial charge in [0.2, 0.25) is 0 Å². The van der Waals surface area contributed by atoms with E-state index in [4.69, 9.17) is 0 Å². The number of nitrogens with one attached hydrogen (secondary N) is 1. The third-order valence-electron chi connectivity index (χ3n) is 5.05. The van der Waals surface area contributed by atoms with Gasteiger partial charge in [-0.2, -0.15) is 0 Å². The highest BCUT2D eigenvalue weighted by Crippen LogP contribution is 2.35. The number of para-hydroxylation sites is 1. The van der Waals surface area contributed by atoms with Crippen molar-refractivity contribution < 1.29 is 4.79 Å². The van der Waals surface area contributed by atoms with Gasteiger partial charge in [-0.25, -0.2) is 0 Å². The van der Waals surface area contributed by atoms with Crippen molar-refractivity contribution in [2.45, 2.75) is 0 Å². The van der Waals surface area contributed by atoms with Crippen LogP contribution in [0.15, 0.2) is 48.5 Å². The molecule has 4 rings (SSSR count). The summed E-state index contributed by atoms with van der Waals surface area (Å²) < 4.78 is 2.23. The molecule has 2 heterocycles. The Morgan fingerprint density at radius 2 is 1.69 bits per heavy atom. The molecule has 0 unspecified atom stereocenters. The second-order valence-corrected chi connectivity index (χ2v) is 6.86. The second kappa shape index (κ2) is 6.84. The van der Waals surface area contributed by atoms with Crippen molar-refractivity contribution in [3.8, 4) is 5.69 Å². The van der Waals surface area contributed by atoms with E-state index in [0.717, 1.165) is 66.1 Å². The van der Waals surface area contributed by atoms with Crippen LogP contribution in [0.5, 0.6) is 0 Å². The molecule has 0 bridgehead atoms. The minimum absolute atomic E-state index is 0.777. The highest BCUT2D eigenvalue weighted by atomic mass is 16.1. The van der Waals surface area contributed by atoms with E-state index in [1.54, 1.807) is 0 Å². The molecule has 1 aliphatic rings. The first-order valence-electron chi connectivity index (χ1n) is 9.03. The molecule has 0 spiro atoms. The number of nitrogens with zero attached hydrogens (tertiary/aromatic N) is 3. The first-order chi connectivity index (χ1) is 12.7. The Hall–Kier alpha value is -2.79. The highest BCUT2D eigenvalue weighted by Gasteiger charge is 2.23. The molecule has 5 heteroatoms. The largest absolute Gasteiger partial charge is 0.378 e. The summed E-state index contributed by atoms with van der Waals surface area (Å²) in [7, 11) is 4.08. The Kier molecular flexibility index (Phi) is 4.39. The van der Waals surface area contributed by atoms with Crippen LogP contribution in [0.2, 0.25) is 0 Å². The van der Waals surface area contributed by atoms with Crippen LogP contribution in [0.4, 0.5) is 11.5 Å². The van der Waals surface area contributed by atoms with Crippen LogP contribution in [0, 0.1) is 0 Å². The number of hydrogen-bond donors (Lipinski definition) is 1. The number of carbonyl (C=O) groups excluding carboxylic acids is 1. The number of hydrogen-bond acceptors (Lipinski definition) is 4. The number of carbonyl (C=O) groups is 1. The molecule has 1 saturated heterocycles. The van der Waals surface area contributed by atoms with Crippen LogP contribution in [-0.2, 0) is 0 Å². The van der Waals surface area contributed by atoms with Crippen molar-refractivity contribution in [3.05, 3.63) is 54.1 Å². The van der Waals surface area contributed by atoms with Crippen molar-refractivity contribution in [3.63, 3.8) is 0 Å². The van der Waals surface area contributed by atoms with E-state index in [9.17, 15) is 4.79 Å². The quantitative estimate of drug-likeness (QED) is 0.736. The van der Waals surface area contributed by atoms with E-state index >= 15 is 0 Å². The normalized spacial score (nSPS) is 14.6.